The van der Waals surface area contributed by atoms with E-state index in [-0.39, 0.29) is 40.0 Å². The second-order valence-corrected chi connectivity index (χ2v) is 6.13. The molecule has 1 N–H and O–H groups in total. The molecule has 0 bridgehead atoms. The van der Waals surface area contributed by atoms with Crippen molar-refractivity contribution < 1.29 is 36.3 Å². The molecule has 1 fully saturated rings. The molecule has 0 spiro atoms. The molecule has 1 saturated heterocycles. The second kappa shape index (κ2) is 21.2. The summed E-state index contributed by atoms with van der Waals surface area (Å²) in [6, 6.07) is 20.1. The Morgan fingerprint density at radius 1 is 1.00 bits per heavy atom. The molecule has 2 aromatic rings. The largest absolute Gasteiger partial charge is 2.00 e. The first kappa shape index (κ1) is 31.2. The summed E-state index contributed by atoms with van der Waals surface area (Å²) in [7, 11) is 0. The molecule has 0 aromatic heterocycles. The van der Waals surface area contributed by atoms with Gasteiger partial charge in [-0.2, -0.15) is 0 Å². The van der Waals surface area contributed by atoms with E-state index in [1.165, 1.54) is 5.56 Å². The van der Waals surface area contributed by atoms with Gasteiger partial charge in [0.2, 0.25) is 0 Å². The summed E-state index contributed by atoms with van der Waals surface area (Å²) >= 11 is 0. The van der Waals surface area contributed by atoms with Crippen molar-refractivity contribution in [3.8, 4) is 0 Å². The first-order valence-electron chi connectivity index (χ1n) is 9.32. The van der Waals surface area contributed by atoms with Crippen LogP contribution in [0.3, 0.4) is 0 Å². The Kier molecular flexibility index (Phi) is 22.1. The molecule has 0 amide bonds. The van der Waals surface area contributed by atoms with Gasteiger partial charge in [0.25, 0.3) is 0 Å². The van der Waals surface area contributed by atoms with E-state index in [4.69, 9.17) is 14.2 Å². The Bertz CT molecular complexity index is 624. The average Bonchev–Trinajstić information content (AvgIpc) is 3.56. The summed E-state index contributed by atoms with van der Waals surface area (Å²) in [5.74, 6) is 0. The first-order valence-corrected chi connectivity index (χ1v) is 9.32. The van der Waals surface area contributed by atoms with Gasteiger partial charge < -0.3 is 42.9 Å². The number of aliphatic hydroxyl groups is 1. The fraction of sp³-hybridized carbons (Fsp3) is 0.333. The predicted octanol–water partition coefficient (Wildman–Crippen LogP) is 0.971. The monoisotopic (exact) mass is 486 g/mol. The third-order valence-corrected chi connectivity index (χ3v) is 3.68. The molecule has 0 saturated carbocycles. The molecule has 6 heteroatoms. The normalized spacial score (nSPS) is 14.2. The summed E-state index contributed by atoms with van der Waals surface area (Å²) in [6.07, 6.45) is 2.20. The van der Waals surface area contributed by atoms with Gasteiger partial charge in [0.15, 0.2) is 0 Å². The molecule has 30 heavy (non-hydrogen) atoms. The van der Waals surface area contributed by atoms with Gasteiger partial charge in [0, 0.05) is 0 Å². The van der Waals surface area contributed by atoms with Crippen LogP contribution >= 0.6 is 0 Å². The molecule has 0 unspecified atom stereocenters. The van der Waals surface area contributed by atoms with Crippen molar-refractivity contribution in [2.24, 2.45) is 0 Å². The number of hydrogen-bond acceptors (Lipinski definition) is 4. The molecule has 3 rings (SSSR count). The summed E-state index contributed by atoms with van der Waals surface area (Å²) in [6.45, 7) is 13.8. The van der Waals surface area contributed by atoms with E-state index in [0.717, 1.165) is 18.8 Å². The standard InChI is InChI=1S/C12H16O2.C10H12O2.C2H3.BrH.Mg/c1-2-6-12(13)10-14-9-11-7-4-3-5-8-11;1-2-4-9(5-3-1)6-11-7-10-8-12-10;1-2;;/h2-5,7-8,12-13H,1,6,9-10H2;1-5,10H,6-8H2;1H,2H2;1H;/q;;-1;;+2/p-1/t12-;10-;;;/m01.../s1. The molecule has 0 aliphatic carbocycles. The van der Waals surface area contributed by atoms with Crippen molar-refractivity contribution in [2.45, 2.75) is 31.8 Å². The van der Waals surface area contributed by atoms with Gasteiger partial charge in [0.05, 0.1) is 39.1 Å². The van der Waals surface area contributed by atoms with Gasteiger partial charge >= 0.3 is 23.1 Å². The number of ether oxygens (including phenoxy) is 3. The van der Waals surface area contributed by atoms with Crippen molar-refractivity contribution in [1.82, 2.24) is 0 Å². The fourth-order valence-corrected chi connectivity index (χ4v) is 2.19. The molecule has 1 aliphatic heterocycles. The SMILES string of the molecule is C=CC[C@H](O)COCc1ccccc1.[Br-].[CH-]=C.[Mg+2].c1ccc(COC[C@@H]2CO2)cc1. The van der Waals surface area contributed by atoms with E-state index in [1.807, 2.05) is 48.5 Å². The van der Waals surface area contributed by atoms with Crippen LogP contribution in [0.15, 0.2) is 79.9 Å². The Balaban J connectivity index is 0. The van der Waals surface area contributed by atoms with E-state index in [9.17, 15) is 5.11 Å². The zero-order chi connectivity index (χ0) is 20.5. The van der Waals surface area contributed by atoms with Gasteiger partial charge in [-0.25, -0.2) is 0 Å². The van der Waals surface area contributed by atoms with Gasteiger partial charge in [-0.1, -0.05) is 66.7 Å². The number of halogens is 1. The van der Waals surface area contributed by atoms with Gasteiger partial charge in [0.1, 0.15) is 6.10 Å². The average molecular weight is 488 g/mol. The zero-order valence-electron chi connectivity index (χ0n) is 17.5. The van der Waals surface area contributed by atoms with E-state index in [2.05, 4.69) is 31.9 Å². The third kappa shape index (κ3) is 16.8. The Morgan fingerprint density at radius 2 is 1.47 bits per heavy atom. The van der Waals surface area contributed by atoms with Crippen LogP contribution in [0.4, 0.5) is 0 Å². The van der Waals surface area contributed by atoms with Crippen LogP contribution in [0.1, 0.15) is 17.5 Å². The molecular weight excluding hydrogens is 456 g/mol. The van der Waals surface area contributed by atoms with Crippen molar-refractivity contribution in [3.05, 3.63) is 97.6 Å². The minimum absolute atomic E-state index is 0. The summed E-state index contributed by atoms with van der Waals surface area (Å²) < 4.78 is 15.8. The van der Waals surface area contributed by atoms with Crippen molar-refractivity contribution in [3.63, 3.8) is 0 Å². The summed E-state index contributed by atoms with van der Waals surface area (Å²) in [5.41, 5.74) is 2.34. The molecule has 2 aromatic carbocycles. The Morgan fingerprint density at radius 3 is 1.90 bits per heavy atom. The van der Waals surface area contributed by atoms with Crippen LogP contribution in [0.25, 0.3) is 0 Å². The number of epoxide rings is 1. The third-order valence-electron chi connectivity index (χ3n) is 3.68. The molecule has 0 radical (unpaired) electrons. The van der Waals surface area contributed by atoms with Crippen LogP contribution < -0.4 is 17.0 Å². The minimum Gasteiger partial charge on any atom is -1.00 e. The number of benzene rings is 2. The van der Waals surface area contributed by atoms with Crippen LogP contribution in [0.2, 0.25) is 0 Å². The van der Waals surface area contributed by atoms with Gasteiger partial charge in [-0.05, 0) is 17.5 Å². The quantitative estimate of drug-likeness (QED) is 0.235. The van der Waals surface area contributed by atoms with E-state index in [1.54, 1.807) is 6.08 Å². The molecule has 4 nitrogen and oxygen atoms in total. The molecule has 1 aliphatic rings. The molecule has 2 atom stereocenters. The molecular formula is C24H31BrMgO4. The van der Waals surface area contributed by atoms with Crippen molar-refractivity contribution in [1.29, 1.82) is 0 Å². The van der Waals surface area contributed by atoms with Crippen LogP contribution in [-0.4, -0.2) is 60.2 Å². The van der Waals surface area contributed by atoms with Crippen LogP contribution in [-0.2, 0) is 27.4 Å². The minimum atomic E-state index is -0.434. The van der Waals surface area contributed by atoms with E-state index in [0.29, 0.717) is 32.3 Å². The predicted molar refractivity (Wildman–Crippen MR) is 118 cm³/mol. The summed E-state index contributed by atoms with van der Waals surface area (Å²) in [5, 5.41) is 9.33. The van der Waals surface area contributed by atoms with E-state index >= 15 is 0 Å². The first-order chi connectivity index (χ1) is 13.8. The maximum Gasteiger partial charge on any atom is 2.00 e. The summed E-state index contributed by atoms with van der Waals surface area (Å²) in [4.78, 5) is 0. The maximum absolute atomic E-state index is 9.33. The second-order valence-electron chi connectivity index (χ2n) is 6.13. The van der Waals surface area contributed by atoms with Gasteiger partial charge in [-0.3, -0.25) is 6.58 Å². The Hall–Kier alpha value is -0.994. The number of hydrogen-bond donors (Lipinski definition) is 1. The van der Waals surface area contributed by atoms with Crippen molar-refractivity contribution >= 4 is 23.1 Å². The topological polar surface area (TPSA) is 51.2 Å². The van der Waals surface area contributed by atoms with Crippen molar-refractivity contribution in [2.75, 3.05) is 19.8 Å². The number of aliphatic hydroxyl groups excluding tert-OH is 1. The Labute approximate surface area is 207 Å². The molecule has 160 valence electrons. The fourth-order valence-electron chi connectivity index (χ4n) is 2.19. The molecule has 1 heterocycles. The van der Waals surface area contributed by atoms with Crippen LogP contribution in [0, 0.1) is 6.58 Å². The maximum atomic E-state index is 9.33. The van der Waals surface area contributed by atoms with Gasteiger partial charge in [-0.15, -0.1) is 6.58 Å². The number of rotatable bonds is 10. The zero-order valence-corrected chi connectivity index (χ0v) is 20.5. The smallest absolute Gasteiger partial charge is 1.00 e. The van der Waals surface area contributed by atoms with Crippen LogP contribution in [0.5, 0.6) is 0 Å². The van der Waals surface area contributed by atoms with E-state index < -0.39 is 6.10 Å².